The molecule has 0 aliphatic carbocycles. The Hall–Kier alpha value is -2.65. The number of nitrogens with zero attached hydrogens (tertiary/aromatic N) is 2. The zero-order valence-electron chi connectivity index (χ0n) is 14.1. The van der Waals surface area contributed by atoms with Crippen LogP contribution < -0.4 is 9.47 Å². The van der Waals surface area contributed by atoms with Gasteiger partial charge in [-0.05, 0) is 29.8 Å². The second-order valence-electron chi connectivity index (χ2n) is 5.66. The molecule has 0 saturated heterocycles. The van der Waals surface area contributed by atoms with Crippen molar-refractivity contribution < 1.29 is 22.8 Å². The van der Waals surface area contributed by atoms with Gasteiger partial charge in [0.25, 0.3) is 5.69 Å². The quantitative estimate of drug-likeness (QED) is 0.566. The standard InChI is InChI=1S/C17H18N2O6S/c1-2-18(12-13-3-8-16-17(11-13)25-10-9-24-16)26(22,23)15-6-4-14(5-7-15)19(20)21/h3-8,11H,2,9-10,12H2,1H3. The minimum Gasteiger partial charge on any atom is -0.486 e. The number of fused-ring (bicyclic) bond motifs is 1. The maximum Gasteiger partial charge on any atom is 0.269 e. The summed E-state index contributed by atoms with van der Waals surface area (Å²) >= 11 is 0. The molecular weight excluding hydrogens is 360 g/mol. The van der Waals surface area contributed by atoms with Crippen molar-refractivity contribution in [2.45, 2.75) is 18.4 Å². The van der Waals surface area contributed by atoms with Gasteiger partial charge in [0.05, 0.1) is 9.82 Å². The second-order valence-corrected chi connectivity index (χ2v) is 7.60. The SMILES string of the molecule is CCN(Cc1ccc2c(c1)OCCO2)S(=O)(=O)c1ccc([N+](=O)[O-])cc1. The lowest BCUT2D eigenvalue weighted by atomic mass is 10.2. The van der Waals surface area contributed by atoms with Crippen LogP contribution in [0.2, 0.25) is 0 Å². The van der Waals surface area contributed by atoms with E-state index in [9.17, 15) is 18.5 Å². The number of ether oxygens (including phenoxy) is 2. The van der Waals surface area contributed by atoms with Gasteiger partial charge in [-0.1, -0.05) is 13.0 Å². The van der Waals surface area contributed by atoms with Crippen molar-refractivity contribution in [3.63, 3.8) is 0 Å². The first kappa shape index (κ1) is 18.2. The van der Waals surface area contributed by atoms with Crippen LogP contribution in [0.5, 0.6) is 11.5 Å². The first-order valence-corrected chi connectivity index (χ1v) is 9.49. The Balaban J connectivity index is 1.84. The summed E-state index contributed by atoms with van der Waals surface area (Å²) in [5, 5.41) is 10.7. The molecule has 2 aromatic rings. The van der Waals surface area contributed by atoms with Crippen molar-refractivity contribution in [2.75, 3.05) is 19.8 Å². The third kappa shape index (κ3) is 3.63. The molecule has 0 atom stereocenters. The van der Waals surface area contributed by atoms with E-state index in [1.54, 1.807) is 25.1 Å². The van der Waals surface area contributed by atoms with Crippen LogP contribution in [0.4, 0.5) is 5.69 Å². The van der Waals surface area contributed by atoms with Crippen LogP contribution in [0, 0.1) is 10.1 Å². The number of nitro benzene ring substituents is 1. The molecule has 0 spiro atoms. The van der Waals surface area contributed by atoms with E-state index in [1.165, 1.54) is 28.6 Å². The monoisotopic (exact) mass is 378 g/mol. The first-order chi connectivity index (χ1) is 12.4. The zero-order chi connectivity index (χ0) is 18.7. The fraction of sp³-hybridized carbons (Fsp3) is 0.294. The highest BCUT2D eigenvalue weighted by Gasteiger charge is 2.24. The van der Waals surface area contributed by atoms with Crippen molar-refractivity contribution >= 4 is 15.7 Å². The third-order valence-electron chi connectivity index (χ3n) is 4.00. The van der Waals surface area contributed by atoms with Gasteiger partial charge in [0.2, 0.25) is 10.0 Å². The van der Waals surface area contributed by atoms with Gasteiger partial charge in [-0.2, -0.15) is 4.31 Å². The van der Waals surface area contributed by atoms with Crippen molar-refractivity contribution in [3.05, 3.63) is 58.1 Å². The van der Waals surface area contributed by atoms with Crippen molar-refractivity contribution in [1.29, 1.82) is 0 Å². The summed E-state index contributed by atoms with van der Waals surface area (Å²) < 4.78 is 38.0. The van der Waals surface area contributed by atoms with E-state index in [0.29, 0.717) is 24.7 Å². The number of hydrogen-bond acceptors (Lipinski definition) is 6. The van der Waals surface area contributed by atoms with Crippen molar-refractivity contribution in [2.24, 2.45) is 0 Å². The lowest BCUT2D eigenvalue weighted by Gasteiger charge is -2.22. The van der Waals surface area contributed by atoms with Gasteiger partial charge < -0.3 is 9.47 Å². The van der Waals surface area contributed by atoms with Crippen molar-refractivity contribution in [3.8, 4) is 11.5 Å². The number of benzene rings is 2. The molecule has 0 saturated carbocycles. The average molecular weight is 378 g/mol. The van der Waals surface area contributed by atoms with E-state index in [4.69, 9.17) is 9.47 Å². The summed E-state index contributed by atoms with van der Waals surface area (Å²) in [6.07, 6.45) is 0. The Morgan fingerprint density at radius 2 is 1.73 bits per heavy atom. The highest BCUT2D eigenvalue weighted by molar-refractivity contribution is 7.89. The summed E-state index contributed by atoms with van der Waals surface area (Å²) in [7, 11) is -3.77. The number of hydrogen-bond donors (Lipinski definition) is 0. The Morgan fingerprint density at radius 1 is 1.08 bits per heavy atom. The molecule has 0 radical (unpaired) electrons. The predicted octanol–water partition coefficient (Wildman–Crippen LogP) is 2.58. The molecule has 3 rings (SSSR count). The molecule has 0 amide bonds. The molecule has 0 fully saturated rings. The highest BCUT2D eigenvalue weighted by atomic mass is 32.2. The van der Waals surface area contributed by atoms with E-state index < -0.39 is 14.9 Å². The molecule has 26 heavy (non-hydrogen) atoms. The van der Waals surface area contributed by atoms with E-state index in [1.807, 2.05) is 0 Å². The summed E-state index contributed by atoms with van der Waals surface area (Å²) in [6.45, 7) is 3.10. The maximum absolute atomic E-state index is 12.8. The number of non-ortho nitro benzene ring substituents is 1. The zero-order valence-corrected chi connectivity index (χ0v) is 14.9. The average Bonchev–Trinajstić information content (AvgIpc) is 2.65. The largest absolute Gasteiger partial charge is 0.486 e. The molecule has 0 bridgehead atoms. The van der Waals surface area contributed by atoms with Crippen LogP contribution >= 0.6 is 0 Å². The summed E-state index contributed by atoms with van der Waals surface area (Å²) in [5.41, 5.74) is 0.612. The first-order valence-electron chi connectivity index (χ1n) is 8.05. The molecule has 2 aromatic carbocycles. The van der Waals surface area contributed by atoms with Gasteiger partial charge in [-0.15, -0.1) is 0 Å². The van der Waals surface area contributed by atoms with Crippen LogP contribution in [0.3, 0.4) is 0 Å². The Kier molecular flexibility index (Phi) is 5.10. The van der Waals surface area contributed by atoms with Gasteiger partial charge in [0.15, 0.2) is 11.5 Å². The maximum atomic E-state index is 12.8. The smallest absolute Gasteiger partial charge is 0.269 e. The molecule has 1 aliphatic rings. The third-order valence-corrected chi connectivity index (χ3v) is 5.94. The lowest BCUT2D eigenvalue weighted by molar-refractivity contribution is -0.384. The Labute approximate surface area is 151 Å². The van der Waals surface area contributed by atoms with Crippen molar-refractivity contribution in [1.82, 2.24) is 4.31 Å². The normalized spacial score (nSPS) is 13.6. The number of rotatable bonds is 6. The Bertz CT molecular complexity index is 911. The van der Waals surface area contributed by atoms with Crippen LogP contribution in [-0.4, -0.2) is 37.4 Å². The molecule has 1 aliphatic heterocycles. The van der Waals surface area contributed by atoms with Gasteiger partial charge in [0.1, 0.15) is 13.2 Å². The number of sulfonamides is 1. The lowest BCUT2D eigenvalue weighted by Crippen LogP contribution is -2.30. The molecule has 9 heteroatoms. The molecule has 0 aromatic heterocycles. The van der Waals surface area contributed by atoms with Gasteiger partial charge >= 0.3 is 0 Å². The van der Waals surface area contributed by atoms with E-state index in [0.717, 1.165) is 5.56 Å². The van der Waals surface area contributed by atoms with Gasteiger partial charge in [-0.3, -0.25) is 10.1 Å². The molecular formula is C17H18N2O6S. The highest BCUT2D eigenvalue weighted by Crippen LogP contribution is 2.31. The van der Waals surface area contributed by atoms with Gasteiger partial charge in [0, 0.05) is 25.2 Å². The Morgan fingerprint density at radius 3 is 2.35 bits per heavy atom. The molecule has 138 valence electrons. The van der Waals surface area contributed by atoms with Crippen LogP contribution in [0.15, 0.2) is 47.4 Å². The van der Waals surface area contributed by atoms with Crippen LogP contribution in [0.1, 0.15) is 12.5 Å². The molecule has 1 heterocycles. The van der Waals surface area contributed by atoms with E-state index in [-0.39, 0.29) is 23.7 Å². The minimum atomic E-state index is -3.77. The summed E-state index contributed by atoms with van der Waals surface area (Å²) in [6, 6.07) is 10.2. The summed E-state index contributed by atoms with van der Waals surface area (Å²) in [4.78, 5) is 10.2. The minimum absolute atomic E-state index is 0.0162. The fourth-order valence-electron chi connectivity index (χ4n) is 2.65. The number of nitro groups is 1. The molecule has 0 N–H and O–H groups in total. The van der Waals surface area contributed by atoms with Gasteiger partial charge in [-0.25, -0.2) is 8.42 Å². The summed E-state index contributed by atoms with van der Waals surface area (Å²) in [5.74, 6) is 1.24. The topological polar surface area (TPSA) is 99.0 Å². The van der Waals surface area contributed by atoms with E-state index >= 15 is 0 Å². The predicted molar refractivity (Wildman–Crippen MR) is 93.8 cm³/mol. The molecule has 0 unspecified atom stereocenters. The van der Waals surface area contributed by atoms with Crippen LogP contribution in [-0.2, 0) is 16.6 Å². The second kappa shape index (κ2) is 7.30. The fourth-order valence-corrected chi connectivity index (χ4v) is 4.08. The molecule has 8 nitrogen and oxygen atoms in total. The van der Waals surface area contributed by atoms with Crippen LogP contribution in [0.25, 0.3) is 0 Å². The van der Waals surface area contributed by atoms with E-state index in [2.05, 4.69) is 0 Å².